The van der Waals surface area contributed by atoms with E-state index < -0.39 is 11.6 Å². The van der Waals surface area contributed by atoms with Gasteiger partial charge in [0.25, 0.3) is 0 Å². The maximum Gasteiger partial charge on any atom is 0.134 e. The smallest absolute Gasteiger partial charge is 0.134 e. The summed E-state index contributed by atoms with van der Waals surface area (Å²) in [4.78, 5) is 0. The molecule has 156 valence electrons. The highest BCUT2D eigenvalue weighted by atomic mass is 19.1. The molecule has 4 rings (SSSR count). The Hall–Kier alpha value is -2.62. The van der Waals surface area contributed by atoms with Crippen molar-refractivity contribution in [2.45, 2.75) is 51.4 Å². The minimum atomic E-state index is -0.502. The Morgan fingerprint density at radius 2 is 1.60 bits per heavy atom. The lowest BCUT2D eigenvalue weighted by Crippen LogP contribution is -2.17. The minimum Gasteiger partial charge on any atom is -0.207 e. The van der Waals surface area contributed by atoms with E-state index >= 15 is 4.39 Å². The SMILES string of the molecule is CCCCc1cc(F)c(C2CCc3c(ccc(-c4ccc(F)cc4)c3F)C2)c(F)c1. The molecule has 0 aliphatic heterocycles. The van der Waals surface area contributed by atoms with Crippen LogP contribution in [0, 0.1) is 23.3 Å². The fraction of sp³-hybridized carbons (Fsp3) is 0.308. The molecule has 0 bridgehead atoms. The number of hydrogen-bond donors (Lipinski definition) is 0. The van der Waals surface area contributed by atoms with E-state index in [2.05, 4.69) is 0 Å². The van der Waals surface area contributed by atoms with E-state index in [1.807, 2.05) is 13.0 Å². The molecule has 0 nitrogen and oxygen atoms in total. The van der Waals surface area contributed by atoms with Crippen LogP contribution in [0.15, 0.2) is 48.5 Å². The van der Waals surface area contributed by atoms with Crippen LogP contribution in [-0.4, -0.2) is 0 Å². The average molecular weight is 412 g/mol. The Balaban J connectivity index is 1.62. The van der Waals surface area contributed by atoms with Gasteiger partial charge in [-0.1, -0.05) is 37.6 Å². The predicted molar refractivity (Wildman–Crippen MR) is 112 cm³/mol. The fourth-order valence-corrected chi connectivity index (χ4v) is 4.46. The van der Waals surface area contributed by atoms with Crippen molar-refractivity contribution in [2.75, 3.05) is 0 Å². The second-order valence-corrected chi connectivity index (χ2v) is 8.09. The molecule has 0 heterocycles. The molecule has 1 aliphatic rings. The summed E-state index contributed by atoms with van der Waals surface area (Å²) in [6.07, 6.45) is 3.82. The molecule has 4 heteroatoms. The molecule has 1 unspecified atom stereocenters. The summed E-state index contributed by atoms with van der Waals surface area (Å²) in [5.74, 6) is -2.01. The molecular weight excluding hydrogens is 388 g/mol. The number of hydrogen-bond acceptors (Lipinski definition) is 0. The minimum absolute atomic E-state index is 0.115. The Morgan fingerprint density at radius 1 is 0.900 bits per heavy atom. The Bertz CT molecular complexity index is 1030. The summed E-state index contributed by atoms with van der Waals surface area (Å²) in [7, 11) is 0. The first kappa shape index (κ1) is 20.6. The van der Waals surface area contributed by atoms with E-state index in [0.717, 1.165) is 18.4 Å². The standard InChI is InChI=1S/C26H24F4/c1-2-3-4-16-13-23(28)25(24(29)14-16)19-8-12-22-18(15-19)7-11-21(26(22)30)17-5-9-20(27)10-6-17/h5-7,9-11,13-14,19H,2-4,8,12,15H2,1H3. The number of fused-ring (bicyclic) bond motifs is 1. The first-order valence-electron chi connectivity index (χ1n) is 10.5. The van der Waals surface area contributed by atoms with Crippen molar-refractivity contribution in [3.05, 3.63) is 94.1 Å². The second kappa shape index (κ2) is 8.63. The molecule has 0 spiro atoms. The van der Waals surface area contributed by atoms with E-state index in [9.17, 15) is 13.2 Å². The van der Waals surface area contributed by atoms with Gasteiger partial charge in [0.05, 0.1) is 0 Å². The fourth-order valence-electron chi connectivity index (χ4n) is 4.46. The molecule has 0 radical (unpaired) electrons. The Morgan fingerprint density at radius 3 is 2.27 bits per heavy atom. The van der Waals surface area contributed by atoms with Gasteiger partial charge in [-0.25, -0.2) is 17.6 Å². The molecule has 0 amide bonds. The van der Waals surface area contributed by atoms with Gasteiger partial charge in [0.1, 0.15) is 23.3 Å². The largest absolute Gasteiger partial charge is 0.207 e. The maximum atomic E-state index is 15.2. The molecule has 0 saturated carbocycles. The van der Waals surface area contributed by atoms with Crippen molar-refractivity contribution >= 4 is 0 Å². The van der Waals surface area contributed by atoms with Gasteiger partial charge in [-0.3, -0.25) is 0 Å². The number of unbranched alkanes of at least 4 members (excludes halogenated alkanes) is 1. The molecule has 0 N–H and O–H groups in total. The van der Waals surface area contributed by atoms with Crippen LogP contribution >= 0.6 is 0 Å². The molecular formula is C26H24F4. The number of halogens is 4. The van der Waals surface area contributed by atoms with Crippen molar-refractivity contribution in [1.82, 2.24) is 0 Å². The van der Waals surface area contributed by atoms with Gasteiger partial charge < -0.3 is 0 Å². The van der Waals surface area contributed by atoms with E-state index in [1.165, 1.54) is 24.3 Å². The van der Waals surface area contributed by atoms with Crippen LogP contribution in [0.1, 0.15) is 54.4 Å². The maximum absolute atomic E-state index is 15.2. The van der Waals surface area contributed by atoms with Gasteiger partial charge in [0.2, 0.25) is 0 Å². The summed E-state index contributed by atoms with van der Waals surface area (Å²) < 4.78 is 57.8. The number of rotatable bonds is 5. The predicted octanol–water partition coefficient (Wildman–Crippen LogP) is 7.53. The molecule has 1 atom stereocenters. The van der Waals surface area contributed by atoms with E-state index in [4.69, 9.17) is 0 Å². The molecule has 0 fully saturated rings. The topological polar surface area (TPSA) is 0 Å². The molecule has 3 aromatic rings. The lowest BCUT2D eigenvalue weighted by molar-refractivity contribution is 0.481. The molecule has 30 heavy (non-hydrogen) atoms. The van der Waals surface area contributed by atoms with Gasteiger partial charge in [-0.05, 0) is 84.5 Å². The van der Waals surface area contributed by atoms with Crippen LogP contribution < -0.4 is 0 Å². The molecule has 1 aliphatic carbocycles. The highest BCUT2D eigenvalue weighted by Crippen LogP contribution is 2.39. The molecule has 3 aromatic carbocycles. The van der Waals surface area contributed by atoms with Crippen molar-refractivity contribution in [3.8, 4) is 11.1 Å². The number of benzene rings is 3. The highest BCUT2D eigenvalue weighted by Gasteiger charge is 2.28. The van der Waals surface area contributed by atoms with Crippen LogP contribution in [0.2, 0.25) is 0 Å². The van der Waals surface area contributed by atoms with Gasteiger partial charge in [-0.15, -0.1) is 0 Å². The van der Waals surface area contributed by atoms with Gasteiger partial charge in [0, 0.05) is 11.1 Å². The van der Waals surface area contributed by atoms with Crippen LogP contribution in [0.4, 0.5) is 17.6 Å². The lowest BCUT2D eigenvalue weighted by Gasteiger charge is -2.27. The summed E-state index contributed by atoms with van der Waals surface area (Å²) in [6.45, 7) is 2.04. The zero-order valence-corrected chi connectivity index (χ0v) is 17.0. The van der Waals surface area contributed by atoms with E-state index in [0.29, 0.717) is 47.9 Å². The summed E-state index contributed by atoms with van der Waals surface area (Å²) in [5, 5.41) is 0. The third-order valence-corrected chi connectivity index (χ3v) is 6.07. The van der Waals surface area contributed by atoms with Gasteiger partial charge in [0.15, 0.2) is 0 Å². The zero-order chi connectivity index (χ0) is 21.3. The van der Waals surface area contributed by atoms with Gasteiger partial charge >= 0.3 is 0 Å². The van der Waals surface area contributed by atoms with Crippen LogP contribution in [0.3, 0.4) is 0 Å². The molecule has 0 aromatic heterocycles. The second-order valence-electron chi connectivity index (χ2n) is 8.09. The van der Waals surface area contributed by atoms with Crippen LogP contribution in [-0.2, 0) is 19.3 Å². The zero-order valence-electron chi connectivity index (χ0n) is 17.0. The van der Waals surface area contributed by atoms with Crippen LogP contribution in [0.5, 0.6) is 0 Å². The van der Waals surface area contributed by atoms with E-state index in [-0.39, 0.29) is 23.1 Å². The van der Waals surface area contributed by atoms with Crippen molar-refractivity contribution in [3.63, 3.8) is 0 Å². The number of aryl methyl sites for hydroxylation is 1. The monoisotopic (exact) mass is 412 g/mol. The quantitative estimate of drug-likeness (QED) is 0.380. The Kier molecular flexibility index (Phi) is 5.94. The third-order valence-electron chi connectivity index (χ3n) is 6.07. The first-order chi connectivity index (χ1) is 14.5. The van der Waals surface area contributed by atoms with Gasteiger partial charge in [-0.2, -0.15) is 0 Å². The molecule has 0 saturated heterocycles. The van der Waals surface area contributed by atoms with Crippen molar-refractivity contribution in [1.29, 1.82) is 0 Å². The van der Waals surface area contributed by atoms with E-state index in [1.54, 1.807) is 18.2 Å². The summed E-state index contributed by atoms with van der Waals surface area (Å²) in [6, 6.07) is 12.1. The third kappa shape index (κ3) is 4.00. The normalized spacial score (nSPS) is 15.8. The summed E-state index contributed by atoms with van der Waals surface area (Å²) >= 11 is 0. The Labute approximate surface area is 174 Å². The van der Waals surface area contributed by atoms with Crippen LogP contribution in [0.25, 0.3) is 11.1 Å². The van der Waals surface area contributed by atoms with Crippen molar-refractivity contribution < 1.29 is 17.6 Å². The van der Waals surface area contributed by atoms with Crippen molar-refractivity contribution in [2.24, 2.45) is 0 Å². The summed E-state index contributed by atoms with van der Waals surface area (Å²) in [5.41, 5.74) is 3.20. The lowest BCUT2D eigenvalue weighted by atomic mass is 9.78. The highest BCUT2D eigenvalue weighted by molar-refractivity contribution is 5.66. The first-order valence-corrected chi connectivity index (χ1v) is 10.5. The average Bonchev–Trinajstić information content (AvgIpc) is 2.73.